The summed E-state index contributed by atoms with van der Waals surface area (Å²) >= 11 is 0. The summed E-state index contributed by atoms with van der Waals surface area (Å²) in [5.74, 6) is 0.218. The Morgan fingerprint density at radius 2 is 1.94 bits per heavy atom. The van der Waals surface area contributed by atoms with Crippen LogP contribution in [0.1, 0.15) is 33.6 Å². The average Bonchev–Trinajstić information content (AvgIpc) is 2.09. The van der Waals surface area contributed by atoms with E-state index in [9.17, 15) is 4.79 Å². The number of nitrogens with zero attached hydrogens (tertiary/aromatic N) is 1. The van der Waals surface area contributed by atoms with E-state index in [2.05, 4.69) is 33.9 Å². The van der Waals surface area contributed by atoms with Gasteiger partial charge in [0.05, 0.1) is 12.5 Å². The quantitative estimate of drug-likeness (QED) is 0.698. The zero-order valence-electron chi connectivity index (χ0n) is 11.5. The highest BCUT2D eigenvalue weighted by Gasteiger charge is 2.40. The van der Waals surface area contributed by atoms with Gasteiger partial charge in [0.15, 0.2) is 8.32 Å². The maximum Gasteiger partial charge on any atom is 0.224 e. The maximum absolute atomic E-state index is 11.6. The Hall–Kier alpha value is -0.353. The fraction of sp³-hybridized carbons (Fsp3) is 0.917. The summed E-state index contributed by atoms with van der Waals surface area (Å²) in [5.41, 5.74) is 0. The molecule has 1 aliphatic heterocycles. The molecule has 1 atom stereocenters. The van der Waals surface area contributed by atoms with Crippen LogP contribution in [0.5, 0.6) is 0 Å². The number of carbonyl (C=O) groups excluding carboxylic acids is 1. The number of rotatable bonds is 2. The van der Waals surface area contributed by atoms with E-state index in [1.807, 2.05) is 7.05 Å². The van der Waals surface area contributed by atoms with Gasteiger partial charge in [-0.2, -0.15) is 0 Å². The average molecular weight is 243 g/mol. The van der Waals surface area contributed by atoms with Crippen molar-refractivity contribution in [3.63, 3.8) is 0 Å². The Morgan fingerprint density at radius 3 is 2.38 bits per heavy atom. The maximum atomic E-state index is 11.6. The van der Waals surface area contributed by atoms with Crippen LogP contribution in [0, 0.1) is 0 Å². The molecule has 1 rings (SSSR count). The molecule has 4 heteroatoms. The van der Waals surface area contributed by atoms with Crippen molar-refractivity contribution in [2.75, 3.05) is 13.6 Å². The molecular formula is C12H25NO2Si. The van der Waals surface area contributed by atoms with Crippen LogP contribution in [-0.4, -0.2) is 38.8 Å². The summed E-state index contributed by atoms with van der Waals surface area (Å²) in [6.07, 6.45) is 1.68. The van der Waals surface area contributed by atoms with Crippen LogP contribution in [0.25, 0.3) is 0 Å². The normalized spacial score (nSPS) is 23.8. The molecule has 1 fully saturated rings. The zero-order valence-corrected chi connectivity index (χ0v) is 12.5. The number of hydrogen-bond acceptors (Lipinski definition) is 2. The number of amides is 1. The van der Waals surface area contributed by atoms with Crippen molar-refractivity contribution in [2.24, 2.45) is 0 Å². The molecule has 0 aromatic carbocycles. The smallest absolute Gasteiger partial charge is 0.224 e. The van der Waals surface area contributed by atoms with E-state index in [0.717, 1.165) is 13.0 Å². The Bertz CT molecular complexity index is 271. The lowest BCUT2D eigenvalue weighted by atomic mass is 10.1. The van der Waals surface area contributed by atoms with Crippen LogP contribution in [-0.2, 0) is 9.22 Å². The van der Waals surface area contributed by atoms with Crippen LogP contribution in [0.3, 0.4) is 0 Å². The lowest BCUT2D eigenvalue weighted by Crippen LogP contribution is -2.48. The number of carbonyl (C=O) groups is 1. The first kappa shape index (κ1) is 13.7. The largest absolute Gasteiger partial charge is 0.413 e. The lowest BCUT2D eigenvalue weighted by Gasteiger charge is -2.41. The van der Waals surface area contributed by atoms with Gasteiger partial charge in [-0.1, -0.05) is 20.8 Å². The molecule has 0 N–H and O–H groups in total. The van der Waals surface area contributed by atoms with Crippen LogP contribution in [0.15, 0.2) is 0 Å². The molecule has 0 radical (unpaired) electrons. The highest BCUT2D eigenvalue weighted by atomic mass is 28.4. The van der Waals surface area contributed by atoms with Gasteiger partial charge >= 0.3 is 0 Å². The van der Waals surface area contributed by atoms with Crippen molar-refractivity contribution in [2.45, 2.75) is 57.8 Å². The Morgan fingerprint density at radius 1 is 1.38 bits per heavy atom. The minimum atomic E-state index is -1.71. The summed E-state index contributed by atoms with van der Waals surface area (Å²) in [4.78, 5) is 13.4. The number of likely N-dealkylation sites (tertiary alicyclic amines) is 1. The number of hydrogen-bond donors (Lipinski definition) is 0. The first-order valence-electron chi connectivity index (χ1n) is 6.05. The third kappa shape index (κ3) is 3.07. The second-order valence-electron chi connectivity index (χ2n) is 6.31. The third-order valence-corrected chi connectivity index (χ3v) is 8.42. The van der Waals surface area contributed by atoms with Crippen molar-refractivity contribution in [1.82, 2.24) is 4.90 Å². The summed E-state index contributed by atoms with van der Waals surface area (Å²) in [5, 5.41) is 0.222. The molecule has 16 heavy (non-hydrogen) atoms. The molecule has 0 aromatic heterocycles. The van der Waals surface area contributed by atoms with Gasteiger partial charge in [-0.05, 0) is 24.6 Å². The predicted octanol–water partition coefficient (Wildman–Crippen LogP) is 2.63. The molecule has 1 amide bonds. The second kappa shape index (κ2) is 4.49. The molecule has 0 aliphatic carbocycles. The van der Waals surface area contributed by atoms with E-state index < -0.39 is 8.32 Å². The van der Waals surface area contributed by atoms with Gasteiger partial charge < -0.3 is 9.33 Å². The lowest BCUT2D eigenvalue weighted by molar-refractivity contribution is -0.134. The minimum absolute atomic E-state index is 0.143. The Labute approximate surface area is 100 Å². The van der Waals surface area contributed by atoms with E-state index >= 15 is 0 Å². The fourth-order valence-corrected chi connectivity index (χ4v) is 3.00. The Balaban J connectivity index is 2.59. The Kier molecular flexibility index (Phi) is 3.85. The fourth-order valence-electron chi connectivity index (χ4n) is 1.61. The van der Waals surface area contributed by atoms with Crippen molar-refractivity contribution < 1.29 is 9.22 Å². The molecular weight excluding hydrogens is 218 g/mol. The van der Waals surface area contributed by atoms with Crippen LogP contribution >= 0.6 is 0 Å². The molecule has 1 saturated heterocycles. The van der Waals surface area contributed by atoms with E-state index in [4.69, 9.17) is 4.43 Å². The van der Waals surface area contributed by atoms with E-state index in [0.29, 0.717) is 6.42 Å². The molecule has 0 unspecified atom stereocenters. The summed E-state index contributed by atoms with van der Waals surface area (Å²) < 4.78 is 6.25. The van der Waals surface area contributed by atoms with Crippen molar-refractivity contribution in [3.8, 4) is 0 Å². The van der Waals surface area contributed by atoms with Gasteiger partial charge in [0.1, 0.15) is 0 Å². The SMILES string of the molecule is CN1CC[C@@H](O[Si](C)(C)C(C)(C)C)CC1=O. The zero-order chi connectivity index (χ0) is 12.6. The first-order chi connectivity index (χ1) is 7.13. The topological polar surface area (TPSA) is 29.5 Å². The van der Waals surface area contributed by atoms with Gasteiger partial charge in [-0.25, -0.2) is 0 Å². The number of piperidine rings is 1. The van der Waals surface area contributed by atoms with Gasteiger partial charge in [0.25, 0.3) is 0 Å². The highest BCUT2D eigenvalue weighted by Crippen LogP contribution is 2.38. The van der Waals surface area contributed by atoms with Crippen molar-refractivity contribution in [1.29, 1.82) is 0 Å². The van der Waals surface area contributed by atoms with E-state index in [1.165, 1.54) is 0 Å². The molecule has 0 aromatic rings. The van der Waals surface area contributed by atoms with Crippen LogP contribution in [0.2, 0.25) is 18.1 Å². The highest BCUT2D eigenvalue weighted by molar-refractivity contribution is 6.74. The molecule has 94 valence electrons. The first-order valence-corrected chi connectivity index (χ1v) is 8.96. The monoisotopic (exact) mass is 243 g/mol. The van der Waals surface area contributed by atoms with Gasteiger partial charge in [0, 0.05) is 13.6 Å². The van der Waals surface area contributed by atoms with Gasteiger partial charge in [-0.3, -0.25) is 4.79 Å². The molecule has 0 saturated carbocycles. The minimum Gasteiger partial charge on any atom is -0.413 e. The van der Waals surface area contributed by atoms with Crippen LogP contribution < -0.4 is 0 Å². The van der Waals surface area contributed by atoms with E-state index in [-0.39, 0.29) is 17.0 Å². The molecule has 0 bridgehead atoms. The van der Waals surface area contributed by atoms with Gasteiger partial charge in [0.2, 0.25) is 5.91 Å². The van der Waals surface area contributed by atoms with E-state index in [1.54, 1.807) is 4.90 Å². The summed E-state index contributed by atoms with van der Waals surface area (Å²) in [6.45, 7) is 12.0. The standard InChI is InChI=1S/C12H25NO2Si/c1-12(2,3)16(5,6)15-10-7-8-13(4)11(14)9-10/h10H,7-9H2,1-6H3/t10-/m1/s1. The second-order valence-corrected chi connectivity index (χ2v) is 11.1. The van der Waals surface area contributed by atoms with Crippen molar-refractivity contribution in [3.05, 3.63) is 0 Å². The van der Waals surface area contributed by atoms with Crippen molar-refractivity contribution >= 4 is 14.2 Å². The molecule has 0 spiro atoms. The third-order valence-electron chi connectivity index (χ3n) is 3.88. The molecule has 1 heterocycles. The van der Waals surface area contributed by atoms with Crippen LogP contribution in [0.4, 0.5) is 0 Å². The van der Waals surface area contributed by atoms with Gasteiger partial charge in [-0.15, -0.1) is 0 Å². The predicted molar refractivity (Wildman–Crippen MR) is 68.9 cm³/mol. The molecule has 1 aliphatic rings. The molecule has 3 nitrogen and oxygen atoms in total. The summed E-state index contributed by atoms with van der Waals surface area (Å²) in [6, 6.07) is 0. The summed E-state index contributed by atoms with van der Waals surface area (Å²) in [7, 11) is 0.151.